The molecule has 0 aromatic heterocycles. The van der Waals surface area contributed by atoms with Crippen molar-refractivity contribution in [2.45, 2.75) is 4.90 Å². The lowest BCUT2D eigenvalue weighted by molar-refractivity contribution is -0.383. The topological polar surface area (TPSA) is 119 Å². The number of nitro benzene ring substituents is 1. The van der Waals surface area contributed by atoms with Crippen LogP contribution in [0.25, 0.3) is 0 Å². The number of amides is 2. The zero-order valence-electron chi connectivity index (χ0n) is 14.5. The van der Waals surface area contributed by atoms with Crippen molar-refractivity contribution in [3.63, 3.8) is 0 Å². The Morgan fingerprint density at radius 1 is 1.18 bits per heavy atom. The highest BCUT2D eigenvalue weighted by Gasteiger charge is 2.27. The molecular formula is C18H15N3O6S. The molecule has 2 aromatic rings. The van der Waals surface area contributed by atoms with Gasteiger partial charge >= 0.3 is 5.97 Å². The third-order valence-electron chi connectivity index (χ3n) is 3.83. The predicted molar refractivity (Wildman–Crippen MR) is 102 cm³/mol. The maximum atomic E-state index is 12.1. The van der Waals surface area contributed by atoms with Crippen LogP contribution in [0.4, 0.5) is 17.1 Å². The van der Waals surface area contributed by atoms with Crippen molar-refractivity contribution in [1.29, 1.82) is 0 Å². The summed E-state index contributed by atoms with van der Waals surface area (Å²) >= 11 is 1.39. The molecule has 9 nitrogen and oxygen atoms in total. The van der Waals surface area contributed by atoms with Crippen LogP contribution >= 0.6 is 11.8 Å². The summed E-state index contributed by atoms with van der Waals surface area (Å²) in [5, 5.41) is 13.3. The third-order valence-corrected chi connectivity index (χ3v) is 4.88. The zero-order valence-corrected chi connectivity index (χ0v) is 15.3. The number of ether oxygens (including phenoxy) is 1. The van der Waals surface area contributed by atoms with Crippen LogP contribution in [0.3, 0.4) is 0 Å². The Morgan fingerprint density at radius 2 is 1.89 bits per heavy atom. The SMILES string of the molecule is O=C(COC(=O)CN1C(=O)CSc2ccccc21)Nc1ccccc1[N+](=O)[O-]. The number of nitrogens with one attached hydrogen (secondary N) is 1. The number of hydrogen-bond donors (Lipinski definition) is 1. The van der Waals surface area contributed by atoms with E-state index in [0.29, 0.717) is 5.69 Å². The van der Waals surface area contributed by atoms with Gasteiger partial charge in [0, 0.05) is 11.0 Å². The second kappa shape index (κ2) is 8.53. The molecule has 0 saturated carbocycles. The highest BCUT2D eigenvalue weighted by atomic mass is 32.2. The summed E-state index contributed by atoms with van der Waals surface area (Å²) in [6.07, 6.45) is 0. The number of benzene rings is 2. The minimum absolute atomic E-state index is 0.00529. The predicted octanol–water partition coefficient (Wildman–Crippen LogP) is 2.22. The largest absolute Gasteiger partial charge is 0.454 e. The molecule has 3 rings (SSSR count). The maximum absolute atomic E-state index is 12.1. The summed E-state index contributed by atoms with van der Waals surface area (Å²) in [5.41, 5.74) is 0.353. The van der Waals surface area contributed by atoms with E-state index < -0.39 is 23.4 Å². The molecule has 1 aliphatic rings. The molecule has 28 heavy (non-hydrogen) atoms. The fraction of sp³-hybridized carbons (Fsp3) is 0.167. The molecule has 10 heteroatoms. The smallest absolute Gasteiger partial charge is 0.326 e. The van der Waals surface area contributed by atoms with E-state index in [4.69, 9.17) is 4.74 Å². The van der Waals surface area contributed by atoms with Gasteiger partial charge in [-0.2, -0.15) is 0 Å². The molecule has 0 aliphatic carbocycles. The molecule has 0 unspecified atom stereocenters. The van der Waals surface area contributed by atoms with E-state index in [1.807, 2.05) is 12.1 Å². The summed E-state index contributed by atoms with van der Waals surface area (Å²) < 4.78 is 4.92. The Hall–Kier alpha value is -3.40. The van der Waals surface area contributed by atoms with Gasteiger partial charge in [-0.1, -0.05) is 24.3 Å². The van der Waals surface area contributed by atoms with Crippen LogP contribution in [0.2, 0.25) is 0 Å². The molecule has 2 aromatic carbocycles. The molecule has 144 valence electrons. The van der Waals surface area contributed by atoms with Crippen LogP contribution in [-0.4, -0.2) is 41.6 Å². The third kappa shape index (κ3) is 4.46. The lowest BCUT2D eigenvalue weighted by Gasteiger charge is -2.27. The molecule has 1 N–H and O–H groups in total. The molecule has 0 spiro atoms. The van der Waals surface area contributed by atoms with E-state index in [1.165, 1.54) is 40.9 Å². The highest BCUT2D eigenvalue weighted by Crippen LogP contribution is 2.34. The number of carbonyl (C=O) groups is 3. The van der Waals surface area contributed by atoms with Crippen molar-refractivity contribution in [2.75, 3.05) is 29.1 Å². The lowest BCUT2D eigenvalue weighted by atomic mass is 10.2. The second-order valence-corrected chi connectivity index (χ2v) is 6.74. The molecule has 0 saturated heterocycles. The van der Waals surface area contributed by atoms with Crippen LogP contribution in [-0.2, 0) is 19.1 Å². The summed E-state index contributed by atoms with van der Waals surface area (Å²) in [6.45, 7) is -0.946. The average molecular weight is 401 g/mol. The zero-order chi connectivity index (χ0) is 20.1. The molecule has 0 fully saturated rings. The summed E-state index contributed by atoms with van der Waals surface area (Å²) in [5.74, 6) is -1.50. The number of nitro groups is 1. The maximum Gasteiger partial charge on any atom is 0.326 e. The number of fused-ring (bicyclic) bond motifs is 1. The van der Waals surface area contributed by atoms with Crippen molar-refractivity contribution in [2.24, 2.45) is 0 Å². The van der Waals surface area contributed by atoms with Crippen LogP contribution in [0, 0.1) is 10.1 Å². The number of thioether (sulfide) groups is 1. The summed E-state index contributed by atoms with van der Waals surface area (Å²) in [7, 11) is 0. The first-order chi connectivity index (χ1) is 13.5. The quantitative estimate of drug-likeness (QED) is 0.448. The van der Waals surface area contributed by atoms with Gasteiger partial charge in [-0.3, -0.25) is 29.4 Å². The van der Waals surface area contributed by atoms with Crippen LogP contribution in [0.1, 0.15) is 0 Å². The normalized spacial score (nSPS) is 12.9. The number of nitrogens with zero attached hydrogens (tertiary/aromatic N) is 2. The van der Waals surface area contributed by atoms with E-state index in [2.05, 4.69) is 5.32 Å². The molecule has 0 atom stereocenters. The van der Waals surface area contributed by atoms with Crippen molar-refractivity contribution in [3.05, 3.63) is 58.6 Å². The van der Waals surface area contributed by atoms with Gasteiger partial charge in [-0.25, -0.2) is 0 Å². The number of esters is 1. The molecule has 1 aliphatic heterocycles. The number of hydrogen-bond acceptors (Lipinski definition) is 7. The average Bonchev–Trinajstić information content (AvgIpc) is 2.69. The molecule has 0 bridgehead atoms. The first kappa shape index (κ1) is 19.4. The van der Waals surface area contributed by atoms with E-state index >= 15 is 0 Å². The van der Waals surface area contributed by atoms with Crippen molar-refractivity contribution < 1.29 is 24.0 Å². The Balaban J connectivity index is 1.57. The van der Waals surface area contributed by atoms with Gasteiger partial charge in [0.15, 0.2) is 6.61 Å². The number of carbonyl (C=O) groups excluding carboxylic acids is 3. The van der Waals surface area contributed by atoms with E-state index in [0.717, 1.165) is 4.90 Å². The Labute approximate surface area is 163 Å². The Bertz CT molecular complexity index is 948. The fourth-order valence-electron chi connectivity index (χ4n) is 2.57. The first-order valence-electron chi connectivity index (χ1n) is 8.17. The standard InChI is InChI=1S/C18H15N3O6S/c22-16(19-12-5-1-2-6-13(12)21(25)26)10-27-18(24)9-20-14-7-3-4-8-15(14)28-11-17(20)23/h1-8H,9-11H2,(H,19,22). The Morgan fingerprint density at radius 3 is 2.68 bits per heavy atom. The van der Waals surface area contributed by atoms with Crippen LogP contribution in [0.5, 0.6) is 0 Å². The minimum Gasteiger partial charge on any atom is -0.454 e. The number of anilines is 2. The van der Waals surface area contributed by atoms with E-state index in [-0.39, 0.29) is 29.6 Å². The number of rotatable bonds is 6. The molecular weight excluding hydrogens is 386 g/mol. The van der Waals surface area contributed by atoms with E-state index in [1.54, 1.807) is 12.1 Å². The van der Waals surface area contributed by atoms with Crippen molar-refractivity contribution in [3.8, 4) is 0 Å². The van der Waals surface area contributed by atoms with Gasteiger partial charge in [0.05, 0.1) is 16.4 Å². The van der Waals surface area contributed by atoms with Gasteiger partial charge in [-0.15, -0.1) is 11.8 Å². The van der Waals surface area contributed by atoms with Crippen LogP contribution < -0.4 is 10.2 Å². The van der Waals surface area contributed by atoms with Crippen LogP contribution in [0.15, 0.2) is 53.4 Å². The molecule has 2 amide bonds. The summed E-state index contributed by atoms with van der Waals surface area (Å²) in [4.78, 5) is 48.7. The summed E-state index contributed by atoms with van der Waals surface area (Å²) in [6, 6.07) is 12.8. The highest BCUT2D eigenvalue weighted by molar-refractivity contribution is 8.00. The van der Waals surface area contributed by atoms with Gasteiger partial charge in [0.2, 0.25) is 5.91 Å². The van der Waals surface area contributed by atoms with Gasteiger partial charge < -0.3 is 10.1 Å². The number of para-hydroxylation sites is 3. The van der Waals surface area contributed by atoms with Gasteiger partial charge in [-0.05, 0) is 18.2 Å². The van der Waals surface area contributed by atoms with Gasteiger partial charge in [0.25, 0.3) is 11.6 Å². The second-order valence-electron chi connectivity index (χ2n) is 5.72. The van der Waals surface area contributed by atoms with Crippen molar-refractivity contribution >= 4 is 46.6 Å². The fourth-order valence-corrected chi connectivity index (χ4v) is 3.51. The monoisotopic (exact) mass is 401 g/mol. The van der Waals surface area contributed by atoms with E-state index in [9.17, 15) is 24.5 Å². The minimum atomic E-state index is -0.757. The lowest BCUT2D eigenvalue weighted by Crippen LogP contribution is -2.40. The first-order valence-corrected chi connectivity index (χ1v) is 9.15. The van der Waals surface area contributed by atoms with Crippen molar-refractivity contribution in [1.82, 2.24) is 0 Å². The molecule has 1 heterocycles. The Kier molecular flexibility index (Phi) is 5.90. The van der Waals surface area contributed by atoms with Gasteiger partial charge in [0.1, 0.15) is 12.2 Å². The molecule has 0 radical (unpaired) electrons.